The average molecular weight is 700 g/mol. The zero-order chi connectivity index (χ0) is 31.7. The predicted molar refractivity (Wildman–Crippen MR) is 164 cm³/mol. The monoisotopic (exact) mass is 698 g/mol. The van der Waals surface area contributed by atoms with E-state index in [1.54, 1.807) is 18.2 Å². The van der Waals surface area contributed by atoms with E-state index in [9.17, 15) is 29.4 Å². The van der Waals surface area contributed by atoms with Gasteiger partial charge in [-0.2, -0.15) is 4.98 Å². The minimum atomic E-state index is -1.33. The van der Waals surface area contributed by atoms with Crippen LogP contribution in [0.2, 0.25) is 10.0 Å². The Labute approximate surface area is 270 Å². The van der Waals surface area contributed by atoms with Crippen LogP contribution in [-0.2, 0) is 32.9 Å². The summed E-state index contributed by atoms with van der Waals surface area (Å²) in [6.07, 6.45) is 0. The number of carboxylic acids is 1. The molecular formula is C24H20Cl2N8O7S3. The van der Waals surface area contributed by atoms with Crippen molar-refractivity contribution in [3.8, 4) is 5.88 Å². The van der Waals surface area contributed by atoms with Gasteiger partial charge in [0.1, 0.15) is 29.4 Å². The number of aromatic nitrogens is 4. The zero-order valence-electron chi connectivity index (χ0n) is 22.3. The van der Waals surface area contributed by atoms with E-state index in [0.717, 1.165) is 28.0 Å². The van der Waals surface area contributed by atoms with E-state index in [-0.39, 0.29) is 45.5 Å². The smallest absolute Gasteiger partial charge is 0.352 e. The number of aryl methyl sites for hydroxylation is 1. The van der Waals surface area contributed by atoms with Crippen molar-refractivity contribution in [2.75, 3.05) is 17.2 Å². The van der Waals surface area contributed by atoms with Gasteiger partial charge in [0.2, 0.25) is 0 Å². The van der Waals surface area contributed by atoms with Crippen LogP contribution < -0.4 is 16.6 Å². The van der Waals surface area contributed by atoms with Crippen molar-refractivity contribution in [3.63, 3.8) is 0 Å². The quantitative estimate of drug-likeness (QED) is 0.103. The number of nitrogens with one attached hydrogen (secondary N) is 1. The van der Waals surface area contributed by atoms with E-state index < -0.39 is 40.6 Å². The molecule has 3 aromatic rings. The standard InChI is InChI=1S/C24H20Cl2N8O7S3/c1-33-24(30-18(36)19(37)31-33)44-7-10-6-42-21-15(20(38)34(21)16(10)22(39)40)29-17(35)14(13-8-43-23(27)28-13)32-41-5-9-4-11(25)2-3-12(9)26/h2-4,8,15,21H,5-7H2,1H3,(H2,27,28)(H,29,35)(H,31,37)(H,39,40)/b32-14-/t15-,21+/m1/s1. The number of thiazole rings is 1. The summed E-state index contributed by atoms with van der Waals surface area (Å²) in [6, 6.07) is 3.71. The van der Waals surface area contributed by atoms with Gasteiger partial charge in [0.05, 0.1) is 0 Å². The lowest BCUT2D eigenvalue weighted by Gasteiger charge is -2.49. The summed E-state index contributed by atoms with van der Waals surface area (Å²) in [5.74, 6) is -3.24. The number of rotatable bonds is 10. The van der Waals surface area contributed by atoms with E-state index in [1.165, 1.54) is 28.9 Å². The number of carbonyl (C=O) groups is 3. The van der Waals surface area contributed by atoms with Crippen molar-refractivity contribution in [2.24, 2.45) is 12.2 Å². The highest BCUT2D eigenvalue weighted by Gasteiger charge is 2.54. The first kappa shape index (κ1) is 31.6. The SMILES string of the molecule is Cn1nc(O)c(=O)nc1SCC1=C(C(=O)O)N2C(=O)[C@@H](NC(=O)/C(=N\OCc3cc(Cl)ccc3Cl)c3csc(N)n3)[C@@H]2SC1. The Bertz CT molecular complexity index is 1800. The van der Waals surface area contributed by atoms with Crippen LogP contribution in [0.1, 0.15) is 11.3 Å². The fraction of sp³-hybridized carbons (Fsp3) is 0.250. The van der Waals surface area contributed by atoms with Gasteiger partial charge in [-0.15, -0.1) is 28.2 Å². The summed E-state index contributed by atoms with van der Waals surface area (Å²) >= 11 is 15.5. The van der Waals surface area contributed by atoms with Gasteiger partial charge in [-0.25, -0.2) is 14.5 Å². The normalized spacial score (nSPS) is 18.1. The Balaban J connectivity index is 1.31. The van der Waals surface area contributed by atoms with Gasteiger partial charge in [0.25, 0.3) is 17.7 Å². The Morgan fingerprint density at radius 1 is 1.30 bits per heavy atom. The highest BCUT2D eigenvalue weighted by molar-refractivity contribution is 8.01. The number of nitrogen functional groups attached to an aromatic ring is 1. The molecule has 2 amide bonds. The largest absolute Gasteiger partial charge is 0.488 e. The number of thioether (sulfide) groups is 2. The predicted octanol–water partition coefficient (Wildman–Crippen LogP) is 1.68. The number of β-lactam (4-membered cyclic amide) rings is 1. The van der Waals surface area contributed by atoms with Crippen LogP contribution in [0.25, 0.3) is 0 Å². The van der Waals surface area contributed by atoms with E-state index in [0.29, 0.717) is 21.2 Å². The number of fused-ring (bicyclic) bond motifs is 1. The van der Waals surface area contributed by atoms with Crippen molar-refractivity contribution in [2.45, 2.75) is 23.2 Å². The van der Waals surface area contributed by atoms with Gasteiger partial charge >= 0.3 is 11.5 Å². The molecule has 44 heavy (non-hydrogen) atoms. The molecule has 5 rings (SSSR count). The Hall–Kier alpha value is -3.84. The molecule has 4 heterocycles. The molecule has 5 N–H and O–H groups in total. The molecule has 230 valence electrons. The molecule has 0 unspecified atom stereocenters. The molecular weight excluding hydrogens is 679 g/mol. The molecule has 0 bridgehead atoms. The molecule has 15 nitrogen and oxygen atoms in total. The molecule has 1 aromatic carbocycles. The van der Waals surface area contributed by atoms with Crippen molar-refractivity contribution in [1.82, 2.24) is 30.0 Å². The number of hydrogen-bond donors (Lipinski definition) is 4. The van der Waals surface area contributed by atoms with Crippen LogP contribution in [0, 0.1) is 0 Å². The summed E-state index contributed by atoms with van der Waals surface area (Å²) < 4.78 is 1.18. The number of nitrogens with two attached hydrogens (primary N) is 1. The number of hydrogen-bond acceptors (Lipinski definition) is 14. The average Bonchev–Trinajstić information content (AvgIpc) is 3.41. The van der Waals surface area contributed by atoms with Crippen LogP contribution in [0.3, 0.4) is 0 Å². The summed E-state index contributed by atoms with van der Waals surface area (Å²) in [5.41, 5.74) is 5.38. The maximum Gasteiger partial charge on any atom is 0.352 e. The van der Waals surface area contributed by atoms with E-state index in [4.69, 9.17) is 33.8 Å². The maximum absolute atomic E-state index is 13.3. The minimum Gasteiger partial charge on any atom is -0.488 e. The lowest BCUT2D eigenvalue weighted by Crippen LogP contribution is -2.71. The summed E-state index contributed by atoms with van der Waals surface area (Å²) in [7, 11) is 1.47. The third-order valence-electron chi connectivity index (χ3n) is 6.19. The molecule has 0 saturated carbocycles. The highest BCUT2D eigenvalue weighted by atomic mass is 35.5. The fourth-order valence-corrected chi connectivity index (χ4v) is 7.45. The number of aliphatic carboxylic acids is 1. The number of nitrogens with zero attached hydrogens (tertiary/aromatic N) is 6. The maximum atomic E-state index is 13.3. The second-order valence-corrected chi connectivity index (χ2v) is 12.9. The minimum absolute atomic E-state index is 0.0743. The van der Waals surface area contributed by atoms with E-state index in [1.807, 2.05) is 0 Å². The lowest BCUT2D eigenvalue weighted by molar-refractivity contribution is -0.150. The van der Waals surface area contributed by atoms with E-state index in [2.05, 4.69) is 25.5 Å². The lowest BCUT2D eigenvalue weighted by atomic mass is 10.0. The summed E-state index contributed by atoms with van der Waals surface area (Å²) in [4.78, 5) is 64.8. The van der Waals surface area contributed by atoms with Gasteiger partial charge in [0, 0.05) is 39.5 Å². The van der Waals surface area contributed by atoms with Crippen LogP contribution in [0.4, 0.5) is 5.13 Å². The Kier molecular flexibility index (Phi) is 9.35. The second kappa shape index (κ2) is 13.0. The molecule has 1 saturated heterocycles. The first-order valence-electron chi connectivity index (χ1n) is 12.3. The molecule has 20 heteroatoms. The number of amides is 2. The van der Waals surface area contributed by atoms with Crippen molar-refractivity contribution in [1.29, 1.82) is 0 Å². The number of benzene rings is 1. The first-order chi connectivity index (χ1) is 20.9. The van der Waals surface area contributed by atoms with Crippen LogP contribution in [-0.4, -0.2) is 81.3 Å². The van der Waals surface area contributed by atoms with Gasteiger partial charge in [-0.05, 0) is 23.8 Å². The molecule has 1 fully saturated rings. The van der Waals surface area contributed by atoms with Crippen molar-refractivity contribution in [3.05, 3.63) is 66.5 Å². The molecule has 2 atom stereocenters. The number of halogens is 2. The van der Waals surface area contributed by atoms with Gasteiger partial charge < -0.3 is 26.1 Å². The van der Waals surface area contributed by atoms with Gasteiger partial charge in [-0.1, -0.05) is 40.1 Å². The number of carboxylic acid groups (broad SMARTS) is 1. The molecule has 2 aliphatic heterocycles. The summed E-state index contributed by atoms with van der Waals surface area (Å²) in [5, 5.41) is 31.5. The third kappa shape index (κ3) is 6.48. The fourth-order valence-electron chi connectivity index (χ4n) is 4.14. The molecule has 0 aliphatic carbocycles. The zero-order valence-corrected chi connectivity index (χ0v) is 26.2. The number of oxime groups is 1. The third-order valence-corrected chi connectivity index (χ3v) is 9.91. The van der Waals surface area contributed by atoms with Gasteiger partial charge in [-0.3, -0.25) is 19.3 Å². The molecule has 2 aromatic heterocycles. The summed E-state index contributed by atoms with van der Waals surface area (Å²) in [6.45, 7) is -0.123. The molecule has 2 aliphatic rings. The molecule has 0 radical (unpaired) electrons. The van der Waals surface area contributed by atoms with Crippen molar-refractivity contribution >= 4 is 86.7 Å². The topological polar surface area (TPSA) is 215 Å². The Morgan fingerprint density at radius 2 is 2.07 bits per heavy atom. The number of carbonyl (C=O) groups excluding carboxylic acids is 2. The highest BCUT2D eigenvalue weighted by Crippen LogP contribution is 2.41. The first-order valence-corrected chi connectivity index (χ1v) is 15.9. The Morgan fingerprint density at radius 3 is 2.77 bits per heavy atom. The molecule has 0 spiro atoms. The van der Waals surface area contributed by atoms with Crippen LogP contribution >= 0.6 is 58.1 Å². The van der Waals surface area contributed by atoms with Crippen LogP contribution in [0.15, 0.2) is 50.0 Å². The number of anilines is 1. The number of aromatic hydroxyl groups is 1. The van der Waals surface area contributed by atoms with Crippen molar-refractivity contribution < 1.29 is 29.4 Å². The second-order valence-electron chi connectivity index (χ2n) is 9.07. The van der Waals surface area contributed by atoms with E-state index >= 15 is 0 Å². The van der Waals surface area contributed by atoms with Gasteiger partial charge in [0.15, 0.2) is 16.0 Å². The van der Waals surface area contributed by atoms with Crippen LogP contribution in [0.5, 0.6) is 5.88 Å².